The molecular weight excluding hydrogens is 747 g/mol. The molecule has 1 aromatic carbocycles. The van der Waals surface area contributed by atoms with Crippen LogP contribution in [0.4, 0.5) is 13.2 Å². The highest BCUT2D eigenvalue weighted by molar-refractivity contribution is 7.91. The molecule has 5 atom stereocenters. The topological polar surface area (TPSA) is 203 Å². The summed E-state index contributed by atoms with van der Waals surface area (Å²) >= 11 is 0. The Kier molecular flexibility index (Phi) is 9.88. The van der Waals surface area contributed by atoms with E-state index < -0.39 is 92.3 Å². The van der Waals surface area contributed by atoms with Crippen LogP contribution in [0.2, 0.25) is 0 Å². The number of carbonyl (C=O) groups is 4. The summed E-state index contributed by atoms with van der Waals surface area (Å²) < 4.78 is 80.9. The number of nitrogens with zero attached hydrogens (tertiary/aromatic N) is 4. The molecule has 2 aliphatic heterocycles. The highest BCUT2D eigenvalue weighted by Gasteiger charge is 2.63. The van der Waals surface area contributed by atoms with E-state index in [1.54, 1.807) is 19.1 Å². The average Bonchev–Trinajstić information content (AvgIpc) is 3.93. The summed E-state index contributed by atoms with van der Waals surface area (Å²) in [5.41, 5.74) is -3.06. The second kappa shape index (κ2) is 14.2. The summed E-state index contributed by atoms with van der Waals surface area (Å²) in [5, 5.41) is 9.12. The number of benzene rings is 1. The monoisotopic (exact) mass is 787 g/mol. The predicted octanol–water partition coefficient (Wildman–Crippen LogP) is 3.49. The average molecular weight is 788 g/mol. The fraction of sp³-hybridized carbons (Fsp3) is 0.528. The van der Waals surface area contributed by atoms with Crippen molar-refractivity contribution in [3.05, 3.63) is 59.6 Å². The van der Waals surface area contributed by atoms with E-state index in [-0.39, 0.29) is 36.0 Å². The molecule has 55 heavy (non-hydrogen) atoms. The number of para-hydroxylation sites is 2. The zero-order chi connectivity index (χ0) is 39.3. The van der Waals surface area contributed by atoms with Crippen molar-refractivity contribution in [1.82, 2.24) is 35.4 Å². The highest BCUT2D eigenvalue weighted by atomic mass is 32.2. The van der Waals surface area contributed by atoms with E-state index in [0.29, 0.717) is 44.3 Å². The number of ether oxygens (including phenoxy) is 1. The van der Waals surface area contributed by atoms with Crippen molar-refractivity contribution in [3.63, 3.8) is 0 Å². The van der Waals surface area contributed by atoms with Gasteiger partial charge in [-0.1, -0.05) is 42.3 Å². The van der Waals surface area contributed by atoms with E-state index in [2.05, 4.69) is 30.5 Å². The number of allylic oxidation sites excluding steroid dienone is 1. The molecule has 3 aromatic rings. The van der Waals surface area contributed by atoms with E-state index in [4.69, 9.17) is 9.26 Å². The van der Waals surface area contributed by atoms with E-state index in [1.807, 2.05) is 6.08 Å². The van der Waals surface area contributed by atoms with E-state index >= 15 is 0 Å². The van der Waals surface area contributed by atoms with Crippen LogP contribution in [0.25, 0.3) is 11.0 Å². The summed E-state index contributed by atoms with van der Waals surface area (Å²) in [5.74, 6) is -4.27. The second-order valence-corrected chi connectivity index (χ2v) is 17.1. The Morgan fingerprint density at radius 3 is 2.49 bits per heavy atom. The number of halogens is 3. The molecule has 2 aromatic heterocycles. The molecule has 0 bridgehead atoms. The molecule has 4 amide bonds. The van der Waals surface area contributed by atoms with Gasteiger partial charge in [-0.05, 0) is 64.5 Å². The van der Waals surface area contributed by atoms with Crippen LogP contribution in [0.3, 0.4) is 0 Å². The SMILES string of the molecule is Cc1cc(C(=O)N[C@H]2CCCCCC=C[C@@H]3C[C@@]3(C(=O)NS(=O)(=O)C3(C)CC3)NC(=O)[C@@H]3C[C@@H](Oc4nc5ccccc5nc4C(F)(F)F)CN3C2=O)no1. The van der Waals surface area contributed by atoms with Gasteiger partial charge in [-0.2, -0.15) is 13.2 Å². The van der Waals surface area contributed by atoms with Crippen LogP contribution >= 0.6 is 0 Å². The fourth-order valence-corrected chi connectivity index (χ4v) is 8.37. The lowest BCUT2D eigenvalue weighted by Crippen LogP contribution is -2.58. The van der Waals surface area contributed by atoms with E-state index in [1.165, 1.54) is 31.2 Å². The van der Waals surface area contributed by atoms with Crippen LogP contribution < -0.4 is 20.1 Å². The number of sulfonamides is 1. The van der Waals surface area contributed by atoms with Gasteiger partial charge in [-0.3, -0.25) is 23.9 Å². The smallest absolute Gasteiger partial charge is 0.438 e. The fourth-order valence-electron chi connectivity index (χ4n) is 7.06. The van der Waals surface area contributed by atoms with Crippen molar-refractivity contribution < 1.29 is 50.0 Å². The van der Waals surface area contributed by atoms with Crippen molar-refractivity contribution >= 4 is 44.7 Å². The van der Waals surface area contributed by atoms with Gasteiger partial charge < -0.3 is 24.8 Å². The molecule has 2 saturated carbocycles. The van der Waals surface area contributed by atoms with Gasteiger partial charge in [-0.25, -0.2) is 18.4 Å². The number of carbonyl (C=O) groups excluding carboxylic acids is 4. The standard InChI is InChI=1S/C36H40F3N7O8S/c1-20-16-26(44-54-20)29(47)41-25-13-7-5-3-4-6-10-21-18-35(21,33(50)45-55(51,52)34(2)14-15-34)43-30(48)27-17-22(19-46(27)32(25)49)53-31-28(36(37,38)39)40-23-11-8-9-12-24(23)42-31/h6,8-12,16,21-22,25,27H,3-5,7,13-15,17-19H2,1-2H3,(H,41,47)(H,43,48)(H,45,50)/t21-,22-,25+,27+,35-/m1/s1. The van der Waals surface area contributed by atoms with Crippen molar-refractivity contribution in [2.75, 3.05) is 6.54 Å². The summed E-state index contributed by atoms with van der Waals surface area (Å²) in [4.78, 5) is 64.7. The molecule has 1 saturated heterocycles. The second-order valence-electron chi connectivity index (χ2n) is 14.9. The quantitative estimate of drug-likeness (QED) is 0.296. The molecule has 19 heteroatoms. The van der Waals surface area contributed by atoms with Gasteiger partial charge in [-0.15, -0.1) is 0 Å². The number of fused-ring (bicyclic) bond motifs is 3. The van der Waals surface area contributed by atoms with Gasteiger partial charge in [0.1, 0.15) is 29.5 Å². The molecular formula is C36H40F3N7O8S. The molecule has 7 rings (SSSR count). The molecule has 3 fully saturated rings. The van der Waals surface area contributed by atoms with Gasteiger partial charge in [0.05, 0.1) is 22.3 Å². The minimum absolute atomic E-state index is 0.0222. The molecule has 4 heterocycles. The minimum Gasteiger partial charge on any atom is -0.471 e. The lowest BCUT2D eigenvalue weighted by Gasteiger charge is -2.30. The van der Waals surface area contributed by atoms with Crippen molar-refractivity contribution in [3.8, 4) is 5.88 Å². The number of alkyl halides is 3. The van der Waals surface area contributed by atoms with Crippen LogP contribution in [0, 0.1) is 12.8 Å². The molecule has 0 unspecified atom stereocenters. The van der Waals surface area contributed by atoms with Crippen molar-refractivity contribution in [2.24, 2.45) is 5.92 Å². The number of aryl methyl sites for hydroxylation is 1. The number of amides is 4. The normalized spacial score (nSPS) is 26.9. The van der Waals surface area contributed by atoms with Crippen LogP contribution in [-0.2, 0) is 30.6 Å². The van der Waals surface area contributed by atoms with Gasteiger partial charge in [0.2, 0.25) is 33.4 Å². The summed E-state index contributed by atoms with van der Waals surface area (Å²) in [7, 11) is -4.09. The first kappa shape index (κ1) is 38.2. The highest BCUT2D eigenvalue weighted by Crippen LogP contribution is 2.47. The Morgan fingerprint density at radius 1 is 1.09 bits per heavy atom. The van der Waals surface area contributed by atoms with E-state index in [9.17, 15) is 40.8 Å². The number of rotatable bonds is 7. The Hall–Kier alpha value is -5.07. The summed E-state index contributed by atoms with van der Waals surface area (Å²) in [6, 6.07) is 4.70. The molecule has 15 nitrogen and oxygen atoms in total. The minimum atomic E-state index is -4.97. The zero-order valence-electron chi connectivity index (χ0n) is 30.0. The maximum atomic E-state index is 14.4. The lowest BCUT2D eigenvalue weighted by atomic mass is 10.0. The molecule has 294 valence electrons. The maximum Gasteiger partial charge on any atom is 0.438 e. The van der Waals surface area contributed by atoms with Gasteiger partial charge >= 0.3 is 6.18 Å². The largest absolute Gasteiger partial charge is 0.471 e. The molecule has 3 N–H and O–H groups in total. The number of hydrogen-bond donors (Lipinski definition) is 3. The lowest BCUT2D eigenvalue weighted by molar-refractivity contribution is -0.143. The Bertz CT molecular complexity index is 2170. The molecule has 4 aliphatic rings. The maximum absolute atomic E-state index is 14.4. The first-order chi connectivity index (χ1) is 26.0. The predicted molar refractivity (Wildman–Crippen MR) is 187 cm³/mol. The van der Waals surface area contributed by atoms with Gasteiger partial charge in [0.25, 0.3) is 11.8 Å². The number of nitrogens with one attached hydrogen (secondary N) is 3. The van der Waals surface area contributed by atoms with Crippen LogP contribution in [0.1, 0.15) is 86.7 Å². The number of aromatic nitrogens is 3. The Balaban J connectivity index is 1.22. The zero-order valence-corrected chi connectivity index (χ0v) is 30.8. The molecule has 0 radical (unpaired) electrons. The van der Waals surface area contributed by atoms with Crippen LogP contribution in [-0.4, -0.2) is 87.1 Å². The third-order valence-electron chi connectivity index (χ3n) is 10.7. The van der Waals surface area contributed by atoms with E-state index in [0.717, 1.165) is 4.90 Å². The van der Waals surface area contributed by atoms with Gasteiger partial charge in [0.15, 0.2) is 5.69 Å². The van der Waals surface area contributed by atoms with Crippen molar-refractivity contribution in [1.29, 1.82) is 0 Å². The molecule has 0 spiro atoms. The third-order valence-corrected chi connectivity index (χ3v) is 12.9. The van der Waals surface area contributed by atoms with Crippen LogP contribution in [0.5, 0.6) is 5.88 Å². The Morgan fingerprint density at radius 2 is 1.82 bits per heavy atom. The first-order valence-electron chi connectivity index (χ1n) is 18.1. The third kappa shape index (κ3) is 7.75. The summed E-state index contributed by atoms with van der Waals surface area (Å²) in [6.07, 6.45) is 0.477. The molecule has 2 aliphatic carbocycles. The first-order valence-corrected chi connectivity index (χ1v) is 19.6. The number of hydrogen-bond acceptors (Lipinski definition) is 11. The summed E-state index contributed by atoms with van der Waals surface area (Å²) in [6.45, 7) is 2.71. The van der Waals surface area contributed by atoms with Crippen molar-refractivity contribution in [2.45, 2.75) is 106 Å². The van der Waals surface area contributed by atoms with Crippen LogP contribution in [0.15, 0.2) is 47.0 Å². The van der Waals surface area contributed by atoms with Gasteiger partial charge in [0, 0.05) is 18.4 Å². The Labute approximate surface area is 313 Å².